The molecule has 0 N–H and O–H groups in total. The van der Waals surface area contributed by atoms with Gasteiger partial charge in [-0.25, -0.2) is 0 Å². The Kier molecular flexibility index (Phi) is 6.67. The van der Waals surface area contributed by atoms with Crippen molar-refractivity contribution in [1.82, 2.24) is 4.90 Å². The highest BCUT2D eigenvalue weighted by molar-refractivity contribution is 9.10. The molecular formula is C24H18BrNO2S2. The number of nitrogens with zero attached hydrogens (tertiary/aromatic N) is 1. The number of amides is 1. The monoisotopic (exact) mass is 495 g/mol. The van der Waals surface area contributed by atoms with Gasteiger partial charge in [-0.1, -0.05) is 90.7 Å². The van der Waals surface area contributed by atoms with Crippen LogP contribution in [0.3, 0.4) is 0 Å². The van der Waals surface area contributed by atoms with Gasteiger partial charge in [0.2, 0.25) is 0 Å². The van der Waals surface area contributed by atoms with E-state index in [0.29, 0.717) is 22.4 Å². The fraction of sp³-hybridized carbons (Fsp3) is 0.0833. The number of thiocarbonyl (C=S) groups is 1. The van der Waals surface area contributed by atoms with Crippen molar-refractivity contribution in [3.05, 3.63) is 105 Å². The topological polar surface area (TPSA) is 29.5 Å². The minimum Gasteiger partial charge on any atom is -0.488 e. The maximum Gasteiger partial charge on any atom is 0.266 e. The van der Waals surface area contributed by atoms with Gasteiger partial charge in [0, 0.05) is 0 Å². The Balaban J connectivity index is 1.46. The van der Waals surface area contributed by atoms with E-state index in [0.717, 1.165) is 26.9 Å². The van der Waals surface area contributed by atoms with Crippen molar-refractivity contribution >= 4 is 56.2 Å². The van der Waals surface area contributed by atoms with Gasteiger partial charge in [-0.2, -0.15) is 0 Å². The van der Waals surface area contributed by atoms with Crippen molar-refractivity contribution in [1.29, 1.82) is 0 Å². The zero-order valence-electron chi connectivity index (χ0n) is 16.0. The molecule has 1 fully saturated rings. The SMILES string of the molecule is O=C1C(=Cc2ccc(OCc3ccccc3)c(Br)c2)SC(=S)N1Cc1ccccc1. The Bertz CT molecular complexity index is 1100. The zero-order valence-corrected chi connectivity index (χ0v) is 19.2. The van der Waals surface area contributed by atoms with Crippen LogP contribution in [0.15, 0.2) is 88.2 Å². The normalized spacial score (nSPS) is 15.1. The van der Waals surface area contributed by atoms with Crippen LogP contribution in [0.1, 0.15) is 16.7 Å². The second-order valence-corrected chi connectivity index (χ2v) is 9.25. The molecule has 0 aromatic heterocycles. The molecule has 1 amide bonds. The zero-order chi connectivity index (χ0) is 20.9. The lowest BCUT2D eigenvalue weighted by Gasteiger charge is -2.14. The van der Waals surface area contributed by atoms with Gasteiger partial charge in [0.05, 0.1) is 15.9 Å². The van der Waals surface area contributed by atoms with E-state index >= 15 is 0 Å². The van der Waals surface area contributed by atoms with E-state index in [1.165, 1.54) is 11.8 Å². The van der Waals surface area contributed by atoms with Crippen LogP contribution in [0.5, 0.6) is 5.75 Å². The van der Waals surface area contributed by atoms with E-state index in [2.05, 4.69) is 15.9 Å². The summed E-state index contributed by atoms with van der Waals surface area (Å²) in [6.45, 7) is 0.982. The van der Waals surface area contributed by atoms with Gasteiger partial charge in [0.15, 0.2) is 0 Å². The number of hydrogen-bond acceptors (Lipinski definition) is 4. The van der Waals surface area contributed by atoms with Crippen LogP contribution in [-0.4, -0.2) is 15.1 Å². The van der Waals surface area contributed by atoms with Gasteiger partial charge in [-0.15, -0.1) is 0 Å². The third-order valence-corrected chi connectivity index (χ3v) is 6.55. The average Bonchev–Trinajstić information content (AvgIpc) is 3.02. The summed E-state index contributed by atoms with van der Waals surface area (Å²) in [5, 5.41) is 0. The molecule has 3 aromatic rings. The Morgan fingerprint density at radius 2 is 1.63 bits per heavy atom. The number of halogens is 1. The summed E-state index contributed by atoms with van der Waals surface area (Å²) in [4.78, 5) is 15.1. The number of carbonyl (C=O) groups is 1. The van der Waals surface area contributed by atoms with Crippen LogP contribution < -0.4 is 4.74 Å². The largest absolute Gasteiger partial charge is 0.488 e. The third kappa shape index (κ3) is 5.01. The smallest absolute Gasteiger partial charge is 0.266 e. The lowest BCUT2D eigenvalue weighted by atomic mass is 10.2. The average molecular weight is 496 g/mol. The van der Waals surface area contributed by atoms with Crippen LogP contribution in [0, 0.1) is 0 Å². The molecule has 0 atom stereocenters. The molecule has 0 radical (unpaired) electrons. The quantitative estimate of drug-likeness (QED) is 0.291. The molecule has 1 aliphatic heterocycles. The van der Waals surface area contributed by atoms with Gasteiger partial charge in [-0.3, -0.25) is 9.69 Å². The second kappa shape index (κ2) is 9.60. The van der Waals surface area contributed by atoms with Gasteiger partial charge in [0.25, 0.3) is 5.91 Å². The van der Waals surface area contributed by atoms with E-state index < -0.39 is 0 Å². The highest BCUT2D eigenvalue weighted by Gasteiger charge is 2.31. The maximum absolute atomic E-state index is 12.8. The van der Waals surface area contributed by atoms with E-state index in [4.69, 9.17) is 17.0 Å². The molecule has 30 heavy (non-hydrogen) atoms. The fourth-order valence-electron chi connectivity index (χ4n) is 3.01. The number of rotatable bonds is 6. The summed E-state index contributed by atoms with van der Waals surface area (Å²) in [5.41, 5.74) is 3.07. The number of thioether (sulfide) groups is 1. The third-order valence-electron chi connectivity index (χ3n) is 4.55. The lowest BCUT2D eigenvalue weighted by Crippen LogP contribution is -2.27. The van der Waals surface area contributed by atoms with Crippen molar-refractivity contribution in [3.8, 4) is 5.75 Å². The van der Waals surface area contributed by atoms with Crippen molar-refractivity contribution in [2.24, 2.45) is 0 Å². The molecule has 0 spiro atoms. The Morgan fingerprint density at radius 3 is 2.30 bits per heavy atom. The lowest BCUT2D eigenvalue weighted by molar-refractivity contribution is -0.122. The Hall–Kier alpha value is -2.41. The Morgan fingerprint density at radius 1 is 0.967 bits per heavy atom. The molecule has 0 bridgehead atoms. The van der Waals surface area contributed by atoms with Crippen molar-refractivity contribution in [3.63, 3.8) is 0 Å². The molecule has 1 saturated heterocycles. The highest BCUT2D eigenvalue weighted by Crippen LogP contribution is 2.35. The maximum atomic E-state index is 12.8. The standard InChI is InChI=1S/C24H18BrNO2S2/c25-20-13-19(11-12-21(20)28-16-18-9-5-2-6-10-18)14-22-23(27)26(24(29)30-22)15-17-7-3-1-4-8-17/h1-14H,15-16H2. The van der Waals surface area contributed by atoms with Gasteiger partial charge in [0.1, 0.15) is 16.7 Å². The first kappa shape index (κ1) is 20.8. The molecule has 4 rings (SSSR count). The number of ether oxygens (including phenoxy) is 1. The van der Waals surface area contributed by atoms with E-state index in [-0.39, 0.29) is 5.91 Å². The van der Waals surface area contributed by atoms with E-state index in [1.54, 1.807) is 4.90 Å². The predicted octanol–water partition coefficient (Wildman–Crippen LogP) is 6.43. The second-order valence-electron chi connectivity index (χ2n) is 6.72. The summed E-state index contributed by atoms with van der Waals surface area (Å²) < 4.78 is 7.32. The summed E-state index contributed by atoms with van der Waals surface area (Å²) in [6, 6.07) is 25.7. The first-order valence-electron chi connectivity index (χ1n) is 9.36. The van der Waals surface area contributed by atoms with Crippen LogP contribution in [0.4, 0.5) is 0 Å². The van der Waals surface area contributed by atoms with Crippen LogP contribution in [0.2, 0.25) is 0 Å². The van der Waals surface area contributed by atoms with Crippen LogP contribution >= 0.6 is 39.9 Å². The van der Waals surface area contributed by atoms with Crippen molar-refractivity contribution in [2.75, 3.05) is 0 Å². The molecule has 6 heteroatoms. The number of benzene rings is 3. The first-order valence-corrected chi connectivity index (χ1v) is 11.4. The first-order chi connectivity index (χ1) is 14.6. The molecule has 3 aromatic carbocycles. The van der Waals surface area contributed by atoms with Crippen molar-refractivity contribution < 1.29 is 9.53 Å². The van der Waals surface area contributed by atoms with Crippen LogP contribution in [-0.2, 0) is 17.9 Å². The molecule has 3 nitrogen and oxygen atoms in total. The highest BCUT2D eigenvalue weighted by atomic mass is 79.9. The molecule has 0 unspecified atom stereocenters. The molecular weight excluding hydrogens is 478 g/mol. The fourth-order valence-corrected chi connectivity index (χ4v) is 4.78. The van der Waals surface area contributed by atoms with E-state index in [9.17, 15) is 4.79 Å². The summed E-state index contributed by atoms with van der Waals surface area (Å²) in [6.07, 6.45) is 1.87. The molecule has 1 heterocycles. The van der Waals surface area contributed by atoms with E-state index in [1.807, 2.05) is 84.9 Å². The summed E-state index contributed by atoms with van der Waals surface area (Å²) in [5.74, 6) is 0.696. The number of carbonyl (C=O) groups excluding carboxylic acids is 1. The van der Waals surface area contributed by atoms with Gasteiger partial charge in [-0.05, 0) is 50.8 Å². The van der Waals surface area contributed by atoms with Crippen molar-refractivity contribution in [2.45, 2.75) is 13.2 Å². The van der Waals surface area contributed by atoms with Crippen LogP contribution in [0.25, 0.3) is 6.08 Å². The van der Waals surface area contributed by atoms with Gasteiger partial charge < -0.3 is 4.74 Å². The molecule has 1 aliphatic rings. The predicted molar refractivity (Wildman–Crippen MR) is 130 cm³/mol. The molecule has 150 valence electrons. The molecule has 0 aliphatic carbocycles. The minimum atomic E-state index is -0.0608. The minimum absolute atomic E-state index is 0.0608. The summed E-state index contributed by atoms with van der Waals surface area (Å²) in [7, 11) is 0. The molecule has 0 saturated carbocycles. The Labute approximate surface area is 193 Å². The summed E-state index contributed by atoms with van der Waals surface area (Å²) >= 11 is 10.3. The van der Waals surface area contributed by atoms with Gasteiger partial charge >= 0.3 is 0 Å². The number of hydrogen-bond donors (Lipinski definition) is 0.